The van der Waals surface area contributed by atoms with Crippen LogP contribution in [0.4, 0.5) is 5.69 Å². The second-order valence-electron chi connectivity index (χ2n) is 6.74. The van der Waals surface area contributed by atoms with Crippen LogP contribution in [0.3, 0.4) is 0 Å². The molecule has 134 valence electrons. The lowest BCUT2D eigenvalue weighted by Gasteiger charge is -2.18. The summed E-state index contributed by atoms with van der Waals surface area (Å²) < 4.78 is 2.05. The van der Waals surface area contributed by atoms with E-state index in [0.29, 0.717) is 13.0 Å². The Balaban J connectivity index is 1.58. The fourth-order valence-corrected chi connectivity index (χ4v) is 2.86. The minimum Gasteiger partial charge on any atom is -0.378 e. The number of rotatable bonds is 6. The van der Waals surface area contributed by atoms with Crippen LogP contribution in [0.2, 0.25) is 0 Å². The van der Waals surface area contributed by atoms with E-state index in [1.54, 1.807) is 4.90 Å². The molecule has 1 amide bonds. The molecule has 1 aromatic heterocycles. The zero-order valence-corrected chi connectivity index (χ0v) is 15.6. The number of carbonyl (C=O) groups excluding carboxylic acids is 1. The van der Waals surface area contributed by atoms with Crippen molar-refractivity contribution in [1.29, 1.82) is 0 Å². The van der Waals surface area contributed by atoms with Crippen LogP contribution in [0.15, 0.2) is 73.1 Å². The minimum absolute atomic E-state index is 0.121. The van der Waals surface area contributed by atoms with Crippen LogP contribution in [0.25, 0.3) is 5.69 Å². The van der Waals surface area contributed by atoms with Crippen molar-refractivity contribution in [1.82, 2.24) is 9.47 Å². The molecule has 26 heavy (non-hydrogen) atoms. The van der Waals surface area contributed by atoms with Crippen molar-refractivity contribution in [3.8, 4) is 5.69 Å². The predicted molar refractivity (Wildman–Crippen MR) is 107 cm³/mol. The summed E-state index contributed by atoms with van der Waals surface area (Å²) in [6.45, 7) is 0.619. The summed E-state index contributed by atoms with van der Waals surface area (Å²) in [5.74, 6) is 0.121. The van der Waals surface area contributed by atoms with Crippen molar-refractivity contribution in [2.45, 2.75) is 13.0 Å². The van der Waals surface area contributed by atoms with Crippen molar-refractivity contribution in [3.63, 3.8) is 0 Å². The van der Waals surface area contributed by atoms with E-state index in [9.17, 15) is 4.79 Å². The van der Waals surface area contributed by atoms with E-state index < -0.39 is 0 Å². The number of anilines is 1. The first kappa shape index (κ1) is 17.8. The quantitative estimate of drug-likeness (QED) is 0.679. The fourth-order valence-electron chi connectivity index (χ4n) is 2.86. The minimum atomic E-state index is 0.121. The molecule has 3 aromatic rings. The molecule has 0 aliphatic carbocycles. The molecule has 0 saturated carbocycles. The second-order valence-corrected chi connectivity index (χ2v) is 6.74. The molecule has 0 aliphatic heterocycles. The summed E-state index contributed by atoms with van der Waals surface area (Å²) >= 11 is 0. The third kappa shape index (κ3) is 4.33. The Morgan fingerprint density at radius 1 is 0.846 bits per heavy atom. The lowest BCUT2D eigenvalue weighted by atomic mass is 10.1. The first-order valence-corrected chi connectivity index (χ1v) is 8.75. The predicted octanol–water partition coefficient (Wildman–Crippen LogP) is 3.74. The van der Waals surface area contributed by atoms with Crippen molar-refractivity contribution >= 4 is 11.6 Å². The van der Waals surface area contributed by atoms with E-state index in [-0.39, 0.29) is 5.91 Å². The first-order valence-electron chi connectivity index (χ1n) is 8.75. The van der Waals surface area contributed by atoms with E-state index in [1.165, 1.54) is 0 Å². The van der Waals surface area contributed by atoms with E-state index >= 15 is 0 Å². The third-order valence-corrected chi connectivity index (χ3v) is 4.49. The molecule has 0 atom stereocenters. The highest BCUT2D eigenvalue weighted by Crippen LogP contribution is 2.15. The number of hydrogen-bond donors (Lipinski definition) is 0. The number of amides is 1. The van der Waals surface area contributed by atoms with Crippen LogP contribution in [-0.2, 0) is 17.8 Å². The smallest absolute Gasteiger partial charge is 0.227 e. The number of hydrogen-bond acceptors (Lipinski definition) is 2. The number of aromatic nitrogens is 1. The van der Waals surface area contributed by atoms with Crippen molar-refractivity contribution in [3.05, 3.63) is 84.2 Å². The number of benzene rings is 2. The maximum atomic E-state index is 12.5. The van der Waals surface area contributed by atoms with Crippen LogP contribution >= 0.6 is 0 Å². The van der Waals surface area contributed by atoms with Gasteiger partial charge in [0.15, 0.2) is 0 Å². The zero-order valence-electron chi connectivity index (χ0n) is 15.6. The van der Waals surface area contributed by atoms with Crippen molar-refractivity contribution in [2.24, 2.45) is 0 Å². The molecule has 4 nitrogen and oxygen atoms in total. The van der Waals surface area contributed by atoms with E-state index in [2.05, 4.69) is 33.7 Å². The lowest BCUT2D eigenvalue weighted by molar-refractivity contribution is -0.129. The van der Waals surface area contributed by atoms with Gasteiger partial charge in [-0.3, -0.25) is 4.79 Å². The van der Waals surface area contributed by atoms with Crippen LogP contribution in [0, 0.1) is 0 Å². The number of likely N-dealkylation sites (N-methyl/N-ethyl adjacent to an activating group) is 1. The average Bonchev–Trinajstić information content (AvgIpc) is 3.17. The van der Waals surface area contributed by atoms with Crippen LogP contribution in [-0.4, -0.2) is 36.5 Å². The molecule has 4 heteroatoms. The van der Waals surface area contributed by atoms with E-state index in [4.69, 9.17) is 0 Å². The summed E-state index contributed by atoms with van der Waals surface area (Å²) in [6.07, 6.45) is 4.43. The molecule has 0 aliphatic rings. The van der Waals surface area contributed by atoms with Gasteiger partial charge in [0.1, 0.15) is 0 Å². The van der Waals surface area contributed by atoms with Crippen molar-refractivity contribution < 1.29 is 4.79 Å². The molecule has 3 rings (SSSR count). The highest BCUT2D eigenvalue weighted by Gasteiger charge is 2.10. The van der Waals surface area contributed by atoms with Gasteiger partial charge in [-0.05, 0) is 47.5 Å². The zero-order chi connectivity index (χ0) is 18.5. The molecule has 0 unspecified atom stereocenters. The maximum Gasteiger partial charge on any atom is 0.227 e. The standard InChI is InChI=1S/C22H25N3O/c1-23(2)20-10-8-19(9-11-20)17-24(3)22(26)16-18-6-12-21(13-7-18)25-14-4-5-15-25/h4-15H,16-17H2,1-3H3. The molecule has 0 saturated heterocycles. The van der Waals surface area contributed by atoms with Crippen molar-refractivity contribution in [2.75, 3.05) is 26.0 Å². The molecule has 0 spiro atoms. The Bertz CT molecular complexity index is 834. The van der Waals surface area contributed by atoms with Gasteiger partial charge in [-0.25, -0.2) is 0 Å². The molecule has 0 bridgehead atoms. The molecular weight excluding hydrogens is 322 g/mol. The van der Waals surface area contributed by atoms with Gasteiger partial charge < -0.3 is 14.4 Å². The molecular formula is C22H25N3O. The lowest BCUT2D eigenvalue weighted by Crippen LogP contribution is -2.27. The topological polar surface area (TPSA) is 28.5 Å². The van der Waals surface area contributed by atoms with Gasteiger partial charge in [0, 0.05) is 51.5 Å². The Kier molecular flexibility index (Phi) is 5.42. The molecule has 2 aromatic carbocycles. The Labute approximate surface area is 155 Å². The number of nitrogens with zero attached hydrogens (tertiary/aromatic N) is 3. The summed E-state index contributed by atoms with van der Waals surface area (Å²) in [5.41, 5.74) is 4.42. The highest BCUT2D eigenvalue weighted by atomic mass is 16.2. The first-order chi connectivity index (χ1) is 12.5. The molecule has 0 N–H and O–H groups in total. The fraction of sp³-hybridized carbons (Fsp3) is 0.227. The third-order valence-electron chi connectivity index (χ3n) is 4.49. The number of carbonyl (C=O) groups is 1. The highest BCUT2D eigenvalue weighted by molar-refractivity contribution is 5.78. The van der Waals surface area contributed by atoms with E-state index in [1.807, 2.05) is 69.9 Å². The Hall–Kier alpha value is -3.01. The normalized spacial score (nSPS) is 10.6. The summed E-state index contributed by atoms with van der Waals surface area (Å²) in [4.78, 5) is 16.4. The Morgan fingerprint density at radius 3 is 2.00 bits per heavy atom. The summed E-state index contributed by atoms with van der Waals surface area (Å²) in [6, 6.07) is 20.4. The summed E-state index contributed by atoms with van der Waals surface area (Å²) in [5, 5.41) is 0. The average molecular weight is 347 g/mol. The van der Waals surface area contributed by atoms with Crippen LogP contribution in [0.5, 0.6) is 0 Å². The van der Waals surface area contributed by atoms with Gasteiger partial charge in [-0.15, -0.1) is 0 Å². The molecule has 0 fully saturated rings. The monoisotopic (exact) mass is 347 g/mol. The van der Waals surface area contributed by atoms with Gasteiger partial charge in [0.2, 0.25) is 5.91 Å². The SMILES string of the molecule is CN(Cc1ccc(N(C)C)cc1)C(=O)Cc1ccc(-n2cccc2)cc1. The maximum absolute atomic E-state index is 12.5. The van der Waals surface area contributed by atoms with Crippen LogP contribution in [0.1, 0.15) is 11.1 Å². The second kappa shape index (κ2) is 7.91. The molecule has 0 radical (unpaired) electrons. The van der Waals surface area contributed by atoms with Gasteiger partial charge in [-0.2, -0.15) is 0 Å². The van der Waals surface area contributed by atoms with Gasteiger partial charge in [0.05, 0.1) is 6.42 Å². The van der Waals surface area contributed by atoms with Gasteiger partial charge in [-0.1, -0.05) is 24.3 Å². The summed E-state index contributed by atoms with van der Waals surface area (Å²) in [7, 11) is 5.90. The van der Waals surface area contributed by atoms with Gasteiger partial charge in [0.25, 0.3) is 0 Å². The van der Waals surface area contributed by atoms with Crippen LogP contribution < -0.4 is 4.90 Å². The largest absolute Gasteiger partial charge is 0.378 e. The Morgan fingerprint density at radius 2 is 1.42 bits per heavy atom. The van der Waals surface area contributed by atoms with Gasteiger partial charge >= 0.3 is 0 Å². The molecule has 1 heterocycles. The van der Waals surface area contributed by atoms with E-state index in [0.717, 1.165) is 22.5 Å².